The Morgan fingerprint density at radius 2 is 1.88 bits per heavy atom. The third kappa shape index (κ3) is 2.86. The van der Waals surface area contributed by atoms with E-state index in [2.05, 4.69) is 48.1 Å². The Labute approximate surface area is 145 Å². The average Bonchev–Trinajstić information content (AvgIpc) is 3.00. The fourth-order valence-electron chi connectivity index (χ4n) is 2.64. The molecule has 0 bridgehead atoms. The van der Waals surface area contributed by atoms with Crippen molar-refractivity contribution >= 4 is 32.5 Å². The molecular formula is C18H21N3O2S. The van der Waals surface area contributed by atoms with Crippen molar-refractivity contribution in [1.82, 2.24) is 4.98 Å². The van der Waals surface area contributed by atoms with E-state index in [1.807, 2.05) is 13.0 Å². The minimum absolute atomic E-state index is 0.0207. The fourth-order valence-corrected chi connectivity index (χ4v) is 3.46. The van der Waals surface area contributed by atoms with Crippen molar-refractivity contribution in [3.05, 3.63) is 35.2 Å². The maximum atomic E-state index is 12.1. The summed E-state index contributed by atoms with van der Waals surface area (Å²) in [6, 6.07) is 6.17. The van der Waals surface area contributed by atoms with Gasteiger partial charge in [-0.15, -0.1) is 10.2 Å². The van der Waals surface area contributed by atoms with Crippen LogP contribution in [0.25, 0.3) is 10.2 Å². The third-order valence-electron chi connectivity index (χ3n) is 4.55. The normalized spacial score (nSPS) is 22.3. The molecule has 2 atom stereocenters. The molecule has 3 rings (SSSR count). The zero-order valence-corrected chi connectivity index (χ0v) is 15.3. The Balaban J connectivity index is 1.92. The van der Waals surface area contributed by atoms with Gasteiger partial charge in [0, 0.05) is 11.8 Å². The number of thiazole rings is 1. The first-order valence-corrected chi connectivity index (χ1v) is 8.80. The number of benzene rings is 1. The number of aliphatic hydroxyl groups excluding tert-OH is 1. The van der Waals surface area contributed by atoms with E-state index in [-0.39, 0.29) is 34.5 Å². The monoisotopic (exact) mass is 343 g/mol. The molecule has 0 fully saturated rings. The number of rotatable bonds is 2. The number of Topliss-reactive ketones (excluding diaryl/α,β-unsaturated/α-hetero) is 1. The van der Waals surface area contributed by atoms with Crippen molar-refractivity contribution in [3.8, 4) is 0 Å². The van der Waals surface area contributed by atoms with Gasteiger partial charge in [0.2, 0.25) is 5.13 Å². The smallest absolute Gasteiger partial charge is 0.231 e. The topological polar surface area (TPSA) is 74.9 Å². The van der Waals surface area contributed by atoms with Gasteiger partial charge in [0.05, 0.1) is 10.2 Å². The summed E-state index contributed by atoms with van der Waals surface area (Å²) in [6.07, 6.45) is 0. The van der Waals surface area contributed by atoms with Gasteiger partial charge in [0.25, 0.3) is 0 Å². The Morgan fingerprint density at radius 1 is 1.17 bits per heavy atom. The number of ketones is 1. The number of fused-ring (bicyclic) bond motifs is 1. The summed E-state index contributed by atoms with van der Waals surface area (Å²) in [5, 5.41) is 18.6. The molecule has 1 aliphatic rings. The summed E-state index contributed by atoms with van der Waals surface area (Å²) in [7, 11) is 0. The Morgan fingerprint density at radius 3 is 2.46 bits per heavy atom. The van der Waals surface area contributed by atoms with Gasteiger partial charge in [-0.25, -0.2) is 4.98 Å². The van der Waals surface area contributed by atoms with Gasteiger partial charge in [0.1, 0.15) is 5.76 Å². The third-order valence-corrected chi connectivity index (χ3v) is 5.45. The molecule has 0 amide bonds. The lowest BCUT2D eigenvalue weighted by Gasteiger charge is -2.18. The number of hydrogen-bond acceptors (Lipinski definition) is 6. The molecule has 6 heteroatoms. The number of azo groups is 1. The standard InChI is InChI=1S/C18H21N3O2S/c1-9-10(2)16(23)14(15(9)22)20-21-17-19-12-7-6-11(18(3,4)5)8-13(12)24-17/h6-10,22H,1-5H3. The molecule has 5 nitrogen and oxygen atoms in total. The van der Waals surface area contributed by atoms with Crippen LogP contribution in [0, 0.1) is 11.8 Å². The van der Waals surface area contributed by atoms with Crippen LogP contribution in [0.15, 0.2) is 39.9 Å². The second-order valence-electron chi connectivity index (χ2n) is 7.30. The summed E-state index contributed by atoms with van der Waals surface area (Å²) >= 11 is 1.43. The zero-order chi connectivity index (χ0) is 17.6. The number of allylic oxidation sites excluding steroid dienone is 2. The van der Waals surface area contributed by atoms with Crippen LogP contribution in [0.5, 0.6) is 0 Å². The van der Waals surface area contributed by atoms with Gasteiger partial charge in [0.15, 0.2) is 11.5 Å². The van der Waals surface area contributed by atoms with Crippen LogP contribution in [-0.4, -0.2) is 15.9 Å². The van der Waals surface area contributed by atoms with Crippen LogP contribution in [0.3, 0.4) is 0 Å². The van der Waals surface area contributed by atoms with E-state index in [1.165, 1.54) is 16.9 Å². The zero-order valence-electron chi connectivity index (χ0n) is 14.5. The largest absolute Gasteiger partial charge is 0.510 e. The maximum absolute atomic E-state index is 12.1. The van der Waals surface area contributed by atoms with Crippen molar-refractivity contribution < 1.29 is 9.90 Å². The predicted molar refractivity (Wildman–Crippen MR) is 95.8 cm³/mol. The summed E-state index contributed by atoms with van der Waals surface area (Å²) in [5.74, 6) is -0.618. The molecule has 1 aromatic heterocycles. The molecular weight excluding hydrogens is 322 g/mol. The summed E-state index contributed by atoms with van der Waals surface area (Å²) in [4.78, 5) is 16.5. The Hall–Kier alpha value is -2.08. The highest BCUT2D eigenvalue weighted by atomic mass is 32.1. The quantitative estimate of drug-likeness (QED) is 0.752. The van der Waals surface area contributed by atoms with E-state index in [4.69, 9.17) is 0 Å². The van der Waals surface area contributed by atoms with Gasteiger partial charge < -0.3 is 5.11 Å². The van der Waals surface area contributed by atoms with Crippen LogP contribution in [0.1, 0.15) is 40.2 Å². The molecule has 0 spiro atoms. The van der Waals surface area contributed by atoms with Crippen molar-refractivity contribution in [2.45, 2.75) is 40.0 Å². The van der Waals surface area contributed by atoms with E-state index in [0.29, 0.717) is 5.13 Å². The first-order valence-electron chi connectivity index (χ1n) is 7.98. The summed E-state index contributed by atoms with van der Waals surface area (Å²) in [6.45, 7) is 10.1. The van der Waals surface area contributed by atoms with Gasteiger partial charge >= 0.3 is 0 Å². The molecule has 24 heavy (non-hydrogen) atoms. The lowest BCUT2D eigenvalue weighted by Crippen LogP contribution is -2.10. The maximum Gasteiger partial charge on any atom is 0.231 e. The Kier molecular flexibility index (Phi) is 4.03. The molecule has 1 aromatic carbocycles. The number of aliphatic hydroxyl groups is 1. The molecule has 0 radical (unpaired) electrons. The highest BCUT2D eigenvalue weighted by Gasteiger charge is 2.37. The minimum atomic E-state index is -0.260. The number of aromatic nitrogens is 1. The average molecular weight is 343 g/mol. The molecule has 1 aliphatic carbocycles. The number of nitrogens with zero attached hydrogens (tertiary/aromatic N) is 3. The molecule has 1 N–H and O–H groups in total. The van der Waals surface area contributed by atoms with Crippen LogP contribution in [0.2, 0.25) is 0 Å². The van der Waals surface area contributed by atoms with Gasteiger partial charge in [-0.1, -0.05) is 52.0 Å². The molecule has 126 valence electrons. The van der Waals surface area contributed by atoms with Gasteiger partial charge in [-0.3, -0.25) is 4.79 Å². The van der Waals surface area contributed by atoms with Crippen LogP contribution in [-0.2, 0) is 10.2 Å². The Bertz CT molecular complexity index is 874. The molecule has 2 unspecified atom stereocenters. The minimum Gasteiger partial charge on any atom is -0.510 e. The van der Waals surface area contributed by atoms with E-state index in [1.54, 1.807) is 6.92 Å². The molecule has 2 aromatic rings. The predicted octanol–water partition coefficient (Wildman–Crippen LogP) is 5.30. The molecule has 0 saturated heterocycles. The first-order chi connectivity index (χ1) is 11.2. The molecule has 0 aliphatic heterocycles. The van der Waals surface area contributed by atoms with Gasteiger partial charge in [-0.05, 0) is 23.1 Å². The van der Waals surface area contributed by atoms with Crippen molar-refractivity contribution in [2.75, 3.05) is 0 Å². The van der Waals surface area contributed by atoms with Crippen LogP contribution >= 0.6 is 11.3 Å². The van der Waals surface area contributed by atoms with Crippen molar-refractivity contribution in [2.24, 2.45) is 22.1 Å². The van der Waals surface area contributed by atoms with Crippen LogP contribution in [0.4, 0.5) is 5.13 Å². The number of hydrogen-bond donors (Lipinski definition) is 1. The SMILES string of the molecule is CC1C(=O)C(N=Nc2nc3ccc(C(C)(C)C)cc3s2)=C(O)C1C. The lowest BCUT2D eigenvalue weighted by molar-refractivity contribution is -0.118. The highest BCUT2D eigenvalue weighted by Crippen LogP contribution is 2.35. The lowest BCUT2D eigenvalue weighted by atomic mass is 9.87. The highest BCUT2D eigenvalue weighted by molar-refractivity contribution is 7.21. The van der Waals surface area contributed by atoms with Crippen molar-refractivity contribution in [3.63, 3.8) is 0 Å². The van der Waals surface area contributed by atoms with E-state index in [0.717, 1.165) is 10.2 Å². The molecule has 1 heterocycles. The fraction of sp³-hybridized carbons (Fsp3) is 0.444. The summed E-state index contributed by atoms with van der Waals surface area (Å²) < 4.78 is 1.04. The number of carbonyl (C=O) groups is 1. The van der Waals surface area contributed by atoms with E-state index >= 15 is 0 Å². The van der Waals surface area contributed by atoms with Crippen molar-refractivity contribution in [1.29, 1.82) is 0 Å². The molecule has 0 saturated carbocycles. The first kappa shape index (κ1) is 16.8. The van der Waals surface area contributed by atoms with E-state index < -0.39 is 0 Å². The number of carbonyl (C=O) groups excluding carboxylic acids is 1. The second-order valence-corrected chi connectivity index (χ2v) is 8.31. The van der Waals surface area contributed by atoms with Gasteiger partial charge in [-0.2, -0.15) is 0 Å². The van der Waals surface area contributed by atoms with Crippen LogP contribution < -0.4 is 0 Å². The van der Waals surface area contributed by atoms with E-state index in [9.17, 15) is 9.90 Å². The second kappa shape index (κ2) is 5.77. The summed E-state index contributed by atoms with van der Waals surface area (Å²) in [5.41, 5.74) is 2.22.